The van der Waals surface area contributed by atoms with Crippen molar-refractivity contribution in [2.75, 3.05) is 26.2 Å². The molecule has 0 spiro atoms. The van der Waals surface area contributed by atoms with Gasteiger partial charge in [0.05, 0.1) is 0 Å². The Kier molecular flexibility index (Phi) is 3.42. The maximum atomic E-state index is 11.8. The van der Waals surface area contributed by atoms with Crippen molar-refractivity contribution in [2.24, 2.45) is 5.73 Å². The van der Waals surface area contributed by atoms with Crippen LogP contribution in [0.1, 0.15) is 41.6 Å². The Bertz CT molecular complexity index is 444. The molecule has 3 nitrogen and oxygen atoms in total. The van der Waals surface area contributed by atoms with Gasteiger partial charge in [-0.1, -0.05) is 24.3 Å². The molecule has 4 rings (SSSR count). The molecule has 19 heavy (non-hydrogen) atoms. The Morgan fingerprint density at radius 2 is 1.68 bits per heavy atom. The van der Waals surface area contributed by atoms with Crippen LogP contribution in [0.3, 0.4) is 0 Å². The Balaban J connectivity index is 1.80. The SMILES string of the molecule is NCCC(=O)c1ccc(C23CCN(CC2)CC3)cc1. The first-order valence-corrected chi connectivity index (χ1v) is 7.30. The van der Waals surface area contributed by atoms with E-state index < -0.39 is 0 Å². The number of carbonyl (C=O) groups excluding carboxylic acids is 1. The number of rotatable bonds is 4. The summed E-state index contributed by atoms with van der Waals surface area (Å²) in [5.74, 6) is 0.157. The lowest BCUT2D eigenvalue weighted by molar-refractivity contribution is 0.0817. The average molecular weight is 258 g/mol. The molecule has 0 unspecified atom stereocenters. The van der Waals surface area contributed by atoms with Gasteiger partial charge in [0.1, 0.15) is 0 Å². The van der Waals surface area contributed by atoms with Gasteiger partial charge in [-0.2, -0.15) is 0 Å². The van der Waals surface area contributed by atoms with Gasteiger partial charge < -0.3 is 10.6 Å². The molecule has 0 aromatic heterocycles. The Labute approximate surface area is 114 Å². The van der Waals surface area contributed by atoms with Crippen molar-refractivity contribution < 1.29 is 4.79 Å². The van der Waals surface area contributed by atoms with Gasteiger partial charge >= 0.3 is 0 Å². The molecule has 3 heterocycles. The van der Waals surface area contributed by atoms with Crippen molar-refractivity contribution in [1.82, 2.24) is 4.90 Å². The number of benzene rings is 1. The third kappa shape index (κ3) is 2.33. The topological polar surface area (TPSA) is 46.3 Å². The molecule has 3 aliphatic rings. The Morgan fingerprint density at radius 1 is 1.11 bits per heavy atom. The lowest BCUT2D eigenvalue weighted by atomic mass is 9.67. The van der Waals surface area contributed by atoms with Gasteiger partial charge in [-0.3, -0.25) is 4.79 Å². The van der Waals surface area contributed by atoms with Crippen molar-refractivity contribution in [2.45, 2.75) is 31.1 Å². The largest absolute Gasteiger partial charge is 0.330 e. The number of hydrogen-bond donors (Lipinski definition) is 1. The predicted molar refractivity (Wildman–Crippen MR) is 76.4 cm³/mol. The second-order valence-corrected chi connectivity index (χ2v) is 5.91. The second kappa shape index (κ2) is 5.06. The first kappa shape index (κ1) is 12.8. The van der Waals surface area contributed by atoms with Crippen LogP contribution in [0.4, 0.5) is 0 Å². The number of piperidine rings is 3. The molecule has 102 valence electrons. The summed E-state index contributed by atoms with van der Waals surface area (Å²) in [6, 6.07) is 8.32. The van der Waals surface area contributed by atoms with E-state index >= 15 is 0 Å². The first-order valence-electron chi connectivity index (χ1n) is 7.30. The summed E-state index contributed by atoms with van der Waals surface area (Å²) in [7, 11) is 0. The van der Waals surface area contributed by atoms with Crippen molar-refractivity contribution in [3.05, 3.63) is 35.4 Å². The highest BCUT2D eigenvalue weighted by molar-refractivity contribution is 5.96. The highest BCUT2D eigenvalue weighted by Gasteiger charge is 2.40. The number of nitrogens with zero attached hydrogens (tertiary/aromatic N) is 1. The number of Topliss-reactive ketones (excluding diaryl/α,β-unsaturated/α-hetero) is 1. The molecule has 3 heteroatoms. The van der Waals surface area contributed by atoms with E-state index in [0.29, 0.717) is 18.4 Å². The molecule has 3 aliphatic heterocycles. The van der Waals surface area contributed by atoms with E-state index in [-0.39, 0.29) is 5.78 Å². The maximum Gasteiger partial charge on any atom is 0.164 e. The summed E-state index contributed by atoms with van der Waals surface area (Å²) < 4.78 is 0. The molecular weight excluding hydrogens is 236 g/mol. The highest BCUT2D eigenvalue weighted by Crippen LogP contribution is 2.42. The fourth-order valence-electron chi connectivity index (χ4n) is 3.54. The Hall–Kier alpha value is -1.19. The molecule has 0 amide bonds. The zero-order valence-electron chi connectivity index (χ0n) is 11.4. The van der Waals surface area contributed by atoms with E-state index in [0.717, 1.165) is 5.56 Å². The average Bonchev–Trinajstić information content (AvgIpc) is 2.49. The van der Waals surface area contributed by atoms with Gasteiger partial charge in [-0.15, -0.1) is 0 Å². The number of hydrogen-bond acceptors (Lipinski definition) is 3. The van der Waals surface area contributed by atoms with Crippen molar-refractivity contribution in [3.63, 3.8) is 0 Å². The molecule has 1 aromatic carbocycles. The minimum Gasteiger partial charge on any atom is -0.330 e. The second-order valence-electron chi connectivity index (χ2n) is 5.91. The summed E-state index contributed by atoms with van der Waals surface area (Å²) in [6.07, 6.45) is 4.24. The number of nitrogens with two attached hydrogens (primary N) is 1. The maximum absolute atomic E-state index is 11.8. The summed E-state index contributed by atoms with van der Waals surface area (Å²) in [5.41, 5.74) is 8.05. The van der Waals surface area contributed by atoms with Gasteiger partial charge in [0.2, 0.25) is 0 Å². The first-order chi connectivity index (χ1) is 9.23. The lowest BCUT2D eigenvalue weighted by Crippen LogP contribution is -2.50. The van der Waals surface area contributed by atoms with Crippen LogP contribution in [0.2, 0.25) is 0 Å². The standard InChI is InChI=1S/C16H22N2O/c17-9-5-15(19)13-1-3-14(4-2-13)16-6-10-18(11-7-16)12-8-16/h1-4H,5-12,17H2. The van der Waals surface area contributed by atoms with E-state index in [9.17, 15) is 4.79 Å². The van der Waals surface area contributed by atoms with E-state index in [1.54, 1.807) is 0 Å². The van der Waals surface area contributed by atoms with Crippen LogP contribution in [-0.2, 0) is 5.41 Å². The van der Waals surface area contributed by atoms with Crippen molar-refractivity contribution in [3.8, 4) is 0 Å². The normalized spacial score (nSPS) is 29.4. The summed E-state index contributed by atoms with van der Waals surface area (Å²) in [4.78, 5) is 14.4. The fraction of sp³-hybridized carbons (Fsp3) is 0.562. The van der Waals surface area contributed by atoms with Gasteiger partial charge in [0, 0.05) is 12.0 Å². The number of ketones is 1. The minimum atomic E-state index is 0.157. The molecule has 3 fully saturated rings. The Morgan fingerprint density at radius 3 is 2.21 bits per heavy atom. The van der Waals surface area contributed by atoms with Crippen LogP contribution >= 0.6 is 0 Å². The molecule has 2 N–H and O–H groups in total. The van der Waals surface area contributed by atoms with Crippen LogP contribution in [0.5, 0.6) is 0 Å². The zero-order valence-corrected chi connectivity index (χ0v) is 11.4. The molecule has 0 radical (unpaired) electrons. The summed E-state index contributed by atoms with van der Waals surface area (Å²) in [5, 5.41) is 0. The summed E-state index contributed by atoms with van der Waals surface area (Å²) >= 11 is 0. The van der Waals surface area contributed by atoms with E-state index in [1.165, 1.54) is 44.5 Å². The molecule has 0 atom stereocenters. The molecular formula is C16H22N2O. The number of fused-ring (bicyclic) bond motifs is 3. The predicted octanol–water partition coefficient (Wildman–Crippen LogP) is 1.96. The van der Waals surface area contributed by atoms with Crippen molar-refractivity contribution in [1.29, 1.82) is 0 Å². The van der Waals surface area contributed by atoms with Gasteiger partial charge in [-0.05, 0) is 56.4 Å². The van der Waals surface area contributed by atoms with E-state index in [4.69, 9.17) is 5.73 Å². The van der Waals surface area contributed by atoms with E-state index in [2.05, 4.69) is 17.0 Å². The zero-order chi connectivity index (χ0) is 13.3. The van der Waals surface area contributed by atoms with Crippen LogP contribution in [0.25, 0.3) is 0 Å². The molecule has 2 bridgehead atoms. The van der Waals surface area contributed by atoms with Gasteiger partial charge in [0.15, 0.2) is 5.78 Å². The molecule has 3 saturated heterocycles. The quantitative estimate of drug-likeness (QED) is 0.840. The lowest BCUT2D eigenvalue weighted by Gasteiger charge is -2.48. The minimum absolute atomic E-state index is 0.157. The molecule has 0 saturated carbocycles. The monoisotopic (exact) mass is 258 g/mol. The van der Waals surface area contributed by atoms with Crippen LogP contribution in [-0.4, -0.2) is 36.9 Å². The van der Waals surface area contributed by atoms with Crippen LogP contribution in [0, 0.1) is 0 Å². The molecule has 1 aromatic rings. The third-order valence-corrected chi connectivity index (χ3v) is 4.91. The summed E-state index contributed by atoms with van der Waals surface area (Å²) in [6.45, 7) is 4.12. The fourth-order valence-corrected chi connectivity index (χ4v) is 3.54. The third-order valence-electron chi connectivity index (χ3n) is 4.91. The van der Waals surface area contributed by atoms with Crippen molar-refractivity contribution >= 4 is 5.78 Å². The van der Waals surface area contributed by atoms with E-state index in [1.807, 2.05) is 12.1 Å². The van der Waals surface area contributed by atoms with Gasteiger partial charge in [0.25, 0.3) is 0 Å². The smallest absolute Gasteiger partial charge is 0.164 e. The van der Waals surface area contributed by atoms with Crippen LogP contribution < -0.4 is 5.73 Å². The molecule has 0 aliphatic carbocycles. The van der Waals surface area contributed by atoms with Gasteiger partial charge in [-0.25, -0.2) is 0 Å². The number of carbonyl (C=O) groups is 1. The van der Waals surface area contributed by atoms with Crippen LogP contribution in [0.15, 0.2) is 24.3 Å². The highest BCUT2D eigenvalue weighted by atomic mass is 16.1.